The van der Waals surface area contributed by atoms with Crippen LogP contribution in [0, 0.1) is 0 Å². The fourth-order valence-corrected chi connectivity index (χ4v) is 9.18. The molecule has 0 aliphatic rings. The molecule has 3 nitrogen and oxygen atoms in total. The number of rotatable bonds is 5. The van der Waals surface area contributed by atoms with E-state index in [1.807, 2.05) is 6.07 Å². The molecule has 10 aromatic rings. The highest BCUT2D eigenvalue weighted by atomic mass is 32.1. The molecule has 0 spiro atoms. The minimum Gasteiger partial charge on any atom is -0.208 e. The Hall–Kier alpha value is -6.01. The summed E-state index contributed by atoms with van der Waals surface area (Å²) in [5, 5.41) is 4.94. The van der Waals surface area contributed by atoms with E-state index < -0.39 is 0 Å². The predicted octanol–water partition coefficient (Wildman–Crippen LogP) is 12.9. The Morgan fingerprint density at radius 3 is 1.60 bits per heavy atom. The molecule has 0 aliphatic carbocycles. The summed E-state index contributed by atoms with van der Waals surface area (Å²) in [6, 6.07) is 58.0. The molecule has 0 atom stereocenters. The van der Waals surface area contributed by atoms with Crippen molar-refractivity contribution in [3.63, 3.8) is 0 Å². The monoisotopic (exact) mass is 673 g/mol. The minimum absolute atomic E-state index is 0.653. The summed E-state index contributed by atoms with van der Waals surface area (Å²) < 4.78 is 4.98. The molecule has 7 aromatic carbocycles. The van der Waals surface area contributed by atoms with Gasteiger partial charge in [-0.1, -0.05) is 133 Å². The van der Waals surface area contributed by atoms with E-state index in [0.717, 1.165) is 27.8 Å². The topological polar surface area (TPSA) is 38.7 Å². The van der Waals surface area contributed by atoms with Crippen LogP contribution in [-0.2, 0) is 0 Å². The maximum Gasteiger partial charge on any atom is 0.164 e. The largest absolute Gasteiger partial charge is 0.208 e. The zero-order chi connectivity index (χ0) is 33.0. The lowest BCUT2D eigenvalue weighted by molar-refractivity contribution is 1.08. The molecule has 0 N–H and O–H groups in total. The third-order valence-corrected chi connectivity index (χ3v) is 11.6. The Kier molecular flexibility index (Phi) is 6.86. The van der Waals surface area contributed by atoms with Gasteiger partial charge in [0.1, 0.15) is 0 Å². The van der Waals surface area contributed by atoms with Crippen molar-refractivity contribution in [2.75, 3.05) is 0 Å². The first kappa shape index (κ1) is 29.0. The number of benzene rings is 7. The van der Waals surface area contributed by atoms with Crippen molar-refractivity contribution in [3.8, 4) is 56.4 Å². The van der Waals surface area contributed by atoms with Crippen LogP contribution in [0.15, 0.2) is 164 Å². The van der Waals surface area contributed by atoms with Crippen molar-refractivity contribution < 1.29 is 0 Å². The van der Waals surface area contributed by atoms with E-state index >= 15 is 0 Å². The van der Waals surface area contributed by atoms with Crippen LogP contribution in [-0.4, -0.2) is 15.0 Å². The highest BCUT2D eigenvalue weighted by Gasteiger charge is 2.18. The molecule has 0 radical (unpaired) electrons. The molecule has 0 saturated carbocycles. The average Bonchev–Trinajstić information content (AvgIpc) is 3.76. The molecule has 0 fully saturated rings. The molecule has 0 aliphatic heterocycles. The van der Waals surface area contributed by atoms with Crippen molar-refractivity contribution in [2.24, 2.45) is 0 Å². The number of hydrogen-bond donors (Lipinski definition) is 0. The van der Waals surface area contributed by atoms with E-state index in [0.29, 0.717) is 17.5 Å². The summed E-state index contributed by atoms with van der Waals surface area (Å²) in [6.45, 7) is 0. The number of nitrogens with zero attached hydrogens (tertiary/aromatic N) is 3. The number of fused-ring (bicyclic) bond motifs is 6. The van der Waals surface area contributed by atoms with Gasteiger partial charge >= 0.3 is 0 Å². The van der Waals surface area contributed by atoms with Crippen LogP contribution in [0.4, 0.5) is 0 Å². The van der Waals surface area contributed by atoms with E-state index in [4.69, 9.17) is 15.0 Å². The Balaban J connectivity index is 1.14. The Morgan fingerprint density at radius 2 is 0.800 bits per heavy atom. The molecule has 10 rings (SSSR count). The summed E-state index contributed by atoms with van der Waals surface area (Å²) in [4.78, 5) is 15.6. The number of hydrogen-bond acceptors (Lipinski definition) is 5. The van der Waals surface area contributed by atoms with E-state index in [9.17, 15) is 0 Å². The second kappa shape index (κ2) is 11.8. The van der Waals surface area contributed by atoms with Gasteiger partial charge in [0.2, 0.25) is 0 Å². The third-order valence-electron chi connectivity index (χ3n) is 9.36. The van der Waals surface area contributed by atoms with Crippen molar-refractivity contribution in [1.29, 1.82) is 0 Å². The van der Waals surface area contributed by atoms with Gasteiger partial charge in [-0.15, -0.1) is 22.7 Å². The van der Waals surface area contributed by atoms with Crippen LogP contribution in [0.5, 0.6) is 0 Å². The van der Waals surface area contributed by atoms with Gasteiger partial charge in [-0.2, -0.15) is 0 Å². The van der Waals surface area contributed by atoms with Crippen molar-refractivity contribution >= 4 is 63.0 Å². The van der Waals surface area contributed by atoms with Crippen molar-refractivity contribution in [2.45, 2.75) is 0 Å². The zero-order valence-electron chi connectivity index (χ0n) is 26.7. The van der Waals surface area contributed by atoms with E-state index in [2.05, 4.69) is 158 Å². The smallest absolute Gasteiger partial charge is 0.164 e. The quantitative estimate of drug-likeness (QED) is 0.182. The lowest BCUT2D eigenvalue weighted by Crippen LogP contribution is -2.00. The lowest BCUT2D eigenvalue weighted by Gasteiger charge is -2.11. The first-order chi connectivity index (χ1) is 24.7. The first-order valence-electron chi connectivity index (χ1n) is 16.6. The molecule has 50 heavy (non-hydrogen) atoms. The Morgan fingerprint density at radius 1 is 0.300 bits per heavy atom. The van der Waals surface area contributed by atoms with Gasteiger partial charge in [0, 0.05) is 57.0 Å². The summed E-state index contributed by atoms with van der Waals surface area (Å²) >= 11 is 3.61. The SMILES string of the molecule is c1ccc(-c2ccc(-c3cccc(-c4nc(-c5ccc6c(c5)sc5ccccc56)nc(-c5cccc6sc7ccccc7c56)n4)c3)cc2)cc1. The van der Waals surface area contributed by atoms with Gasteiger partial charge in [0.15, 0.2) is 17.5 Å². The highest BCUT2D eigenvalue weighted by Crippen LogP contribution is 2.41. The second-order valence-corrected chi connectivity index (χ2v) is 14.6. The molecule has 0 saturated heterocycles. The van der Waals surface area contributed by atoms with Crippen LogP contribution < -0.4 is 0 Å². The normalized spacial score (nSPS) is 11.6. The fourth-order valence-electron chi connectivity index (χ4n) is 6.90. The van der Waals surface area contributed by atoms with Gasteiger partial charge in [0.05, 0.1) is 0 Å². The highest BCUT2D eigenvalue weighted by molar-refractivity contribution is 7.26. The lowest BCUT2D eigenvalue weighted by atomic mass is 9.99. The zero-order valence-corrected chi connectivity index (χ0v) is 28.4. The van der Waals surface area contributed by atoms with Crippen LogP contribution in [0.1, 0.15) is 0 Å². The molecule has 3 heterocycles. The van der Waals surface area contributed by atoms with E-state index in [1.54, 1.807) is 22.7 Å². The van der Waals surface area contributed by atoms with Gasteiger partial charge < -0.3 is 0 Å². The molecule has 3 aromatic heterocycles. The van der Waals surface area contributed by atoms with E-state index in [1.165, 1.54) is 51.5 Å². The number of thiophene rings is 2. The molecule has 0 amide bonds. The summed E-state index contributed by atoms with van der Waals surface area (Å²) in [5.41, 5.74) is 7.60. The molecule has 0 bridgehead atoms. The molecule has 0 unspecified atom stereocenters. The molecule has 234 valence electrons. The Labute approximate surface area is 296 Å². The second-order valence-electron chi connectivity index (χ2n) is 12.4. The predicted molar refractivity (Wildman–Crippen MR) is 213 cm³/mol. The molecular formula is C45H27N3S2. The van der Waals surface area contributed by atoms with Gasteiger partial charge in [-0.05, 0) is 52.6 Å². The van der Waals surface area contributed by atoms with Gasteiger partial charge in [0.25, 0.3) is 0 Å². The van der Waals surface area contributed by atoms with Gasteiger partial charge in [-0.3, -0.25) is 0 Å². The number of aromatic nitrogens is 3. The average molecular weight is 674 g/mol. The standard InChI is InChI=1S/C45H27N3S2/c1-2-10-28(11-3-1)29-20-22-30(23-21-29)31-12-8-13-32(26-31)43-46-44(33-24-25-35-34-14-4-6-17-38(34)50-41(35)27-33)48-45(47-43)37-16-9-19-40-42(37)36-15-5-7-18-39(36)49-40/h1-27H. The summed E-state index contributed by atoms with van der Waals surface area (Å²) in [6.07, 6.45) is 0. The summed E-state index contributed by atoms with van der Waals surface area (Å²) in [5.74, 6) is 1.99. The van der Waals surface area contributed by atoms with Crippen LogP contribution in [0.2, 0.25) is 0 Å². The fraction of sp³-hybridized carbons (Fsp3) is 0. The summed E-state index contributed by atoms with van der Waals surface area (Å²) in [7, 11) is 0. The third kappa shape index (κ3) is 4.98. The molecular weight excluding hydrogens is 647 g/mol. The van der Waals surface area contributed by atoms with Gasteiger partial charge in [-0.25, -0.2) is 15.0 Å². The van der Waals surface area contributed by atoms with Crippen LogP contribution in [0.3, 0.4) is 0 Å². The van der Waals surface area contributed by atoms with Crippen molar-refractivity contribution in [1.82, 2.24) is 15.0 Å². The van der Waals surface area contributed by atoms with Crippen LogP contribution >= 0.6 is 22.7 Å². The maximum absolute atomic E-state index is 5.21. The van der Waals surface area contributed by atoms with E-state index in [-0.39, 0.29) is 0 Å². The minimum atomic E-state index is 0.653. The maximum atomic E-state index is 5.21. The molecule has 5 heteroatoms. The van der Waals surface area contributed by atoms with Crippen LogP contribution in [0.25, 0.3) is 96.8 Å². The first-order valence-corrected chi connectivity index (χ1v) is 18.2. The van der Waals surface area contributed by atoms with Crippen molar-refractivity contribution in [3.05, 3.63) is 164 Å². The Bertz CT molecular complexity index is 2870.